The molecule has 2 aromatic carbocycles. The summed E-state index contributed by atoms with van der Waals surface area (Å²) < 4.78 is 17.7. The van der Waals surface area contributed by atoms with Gasteiger partial charge < -0.3 is 14.2 Å². The number of hydrogen-bond acceptors (Lipinski definition) is 9. The van der Waals surface area contributed by atoms with Crippen molar-refractivity contribution in [1.29, 1.82) is 0 Å². The number of rotatable bonds is 8. The smallest absolute Gasteiger partial charge is 0.214 e. The predicted octanol–water partition coefficient (Wildman–Crippen LogP) is 4.10. The van der Waals surface area contributed by atoms with E-state index >= 15 is 0 Å². The summed E-state index contributed by atoms with van der Waals surface area (Å²) >= 11 is 3.10. The van der Waals surface area contributed by atoms with Gasteiger partial charge in [-0.05, 0) is 34.7 Å². The molecule has 4 aromatic rings. The Morgan fingerprint density at radius 1 is 1.00 bits per heavy atom. The maximum atomic E-state index is 5.46. The van der Waals surface area contributed by atoms with Crippen molar-refractivity contribution in [1.82, 2.24) is 25.2 Å². The van der Waals surface area contributed by atoms with Crippen LogP contribution in [0.1, 0.15) is 5.69 Å². The third kappa shape index (κ3) is 4.24. The van der Waals surface area contributed by atoms with Crippen LogP contribution in [0.4, 0.5) is 0 Å². The minimum atomic E-state index is 0.632. The van der Waals surface area contributed by atoms with E-state index < -0.39 is 0 Å². The predicted molar refractivity (Wildman–Crippen MR) is 116 cm³/mol. The average Bonchev–Trinajstić information content (AvgIpc) is 3.46. The van der Waals surface area contributed by atoms with Crippen molar-refractivity contribution >= 4 is 23.1 Å². The number of tetrazole rings is 1. The van der Waals surface area contributed by atoms with Crippen LogP contribution in [-0.4, -0.2) is 46.5 Å². The lowest BCUT2D eigenvalue weighted by atomic mass is 10.2. The fraction of sp³-hybridized carbons (Fsp3) is 0.200. The van der Waals surface area contributed by atoms with E-state index in [-0.39, 0.29) is 0 Å². The van der Waals surface area contributed by atoms with Crippen LogP contribution in [0.25, 0.3) is 16.3 Å². The van der Waals surface area contributed by atoms with Gasteiger partial charge in [-0.1, -0.05) is 23.9 Å². The van der Waals surface area contributed by atoms with Crippen molar-refractivity contribution in [2.24, 2.45) is 0 Å². The highest BCUT2D eigenvalue weighted by Crippen LogP contribution is 2.32. The summed E-state index contributed by atoms with van der Waals surface area (Å²) in [7, 11) is 4.88. The van der Waals surface area contributed by atoms with Crippen LogP contribution < -0.4 is 14.2 Å². The Morgan fingerprint density at radius 2 is 1.83 bits per heavy atom. The summed E-state index contributed by atoms with van der Waals surface area (Å²) in [5.74, 6) is 2.79. The fourth-order valence-corrected chi connectivity index (χ4v) is 4.48. The molecule has 2 heterocycles. The molecule has 0 aliphatic rings. The summed E-state index contributed by atoms with van der Waals surface area (Å²) in [6.07, 6.45) is 0. The molecule has 0 saturated carbocycles. The van der Waals surface area contributed by atoms with Crippen LogP contribution in [0.2, 0.25) is 0 Å². The number of ether oxygens (including phenoxy) is 3. The summed E-state index contributed by atoms with van der Waals surface area (Å²) in [6.45, 7) is 0. The zero-order valence-electron chi connectivity index (χ0n) is 16.6. The van der Waals surface area contributed by atoms with Gasteiger partial charge in [-0.3, -0.25) is 0 Å². The molecule has 0 atom stereocenters. The highest BCUT2D eigenvalue weighted by Gasteiger charge is 2.15. The van der Waals surface area contributed by atoms with Crippen molar-refractivity contribution in [3.63, 3.8) is 0 Å². The van der Waals surface area contributed by atoms with Crippen molar-refractivity contribution in [3.8, 4) is 33.5 Å². The first kappa shape index (κ1) is 20.2. The largest absolute Gasteiger partial charge is 0.497 e. The minimum absolute atomic E-state index is 0.632. The molecule has 0 spiro atoms. The molecule has 0 aliphatic heterocycles. The van der Waals surface area contributed by atoms with Gasteiger partial charge in [0.1, 0.15) is 27.9 Å². The van der Waals surface area contributed by atoms with Gasteiger partial charge in [-0.25, -0.2) is 4.98 Å². The normalized spacial score (nSPS) is 10.8. The fourth-order valence-electron chi connectivity index (χ4n) is 2.78. The number of aromatic nitrogens is 5. The lowest BCUT2D eigenvalue weighted by molar-refractivity contribution is 0.399. The summed E-state index contributed by atoms with van der Waals surface area (Å²) in [5.41, 5.74) is 2.69. The van der Waals surface area contributed by atoms with Crippen LogP contribution in [0.15, 0.2) is 53.0 Å². The maximum Gasteiger partial charge on any atom is 0.214 e. The van der Waals surface area contributed by atoms with Crippen LogP contribution in [0.5, 0.6) is 17.2 Å². The Labute approximate surface area is 181 Å². The first-order valence-corrected chi connectivity index (χ1v) is 10.8. The van der Waals surface area contributed by atoms with E-state index in [1.807, 2.05) is 47.8 Å². The molecule has 154 valence electrons. The topological polar surface area (TPSA) is 84.2 Å². The molecule has 8 nitrogen and oxygen atoms in total. The second-order valence-corrected chi connectivity index (χ2v) is 7.88. The van der Waals surface area contributed by atoms with Crippen LogP contribution in [0, 0.1) is 0 Å². The number of thioether (sulfide) groups is 1. The van der Waals surface area contributed by atoms with E-state index in [0.717, 1.165) is 22.0 Å². The molecule has 30 heavy (non-hydrogen) atoms. The summed E-state index contributed by atoms with van der Waals surface area (Å²) in [4.78, 5) is 4.74. The lowest BCUT2D eigenvalue weighted by Crippen LogP contribution is -2.02. The van der Waals surface area contributed by atoms with Crippen molar-refractivity contribution in [2.45, 2.75) is 10.9 Å². The molecule has 0 radical (unpaired) electrons. The van der Waals surface area contributed by atoms with Gasteiger partial charge in [0.2, 0.25) is 5.16 Å². The zero-order chi connectivity index (χ0) is 20.9. The highest BCUT2D eigenvalue weighted by molar-refractivity contribution is 7.98. The number of nitrogens with zero attached hydrogens (tertiary/aromatic N) is 5. The van der Waals surface area contributed by atoms with E-state index in [4.69, 9.17) is 19.2 Å². The van der Waals surface area contributed by atoms with E-state index in [1.165, 1.54) is 11.8 Å². The highest BCUT2D eigenvalue weighted by atomic mass is 32.2. The molecular weight excluding hydrogens is 422 g/mol. The van der Waals surface area contributed by atoms with Gasteiger partial charge in [0.25, 0.3) is 0 Å². The summed E-state index contributed by atoms with van der Waals surface area (Å²) in [6, 6.07) is 13.4. The molecule has 0 bridgehead atoms. The lowest BCUT2D eigenvalue weighted by Gasteiger charge is -2.10. The van der Waals surface area contributed by atoms with Crippen molar-refractivity contribution in [2.75, 3.05) is 21.3 Å². The molecular formula is C20H19N5O3S2. The molecule has 0 aliphatic carbocycles. The van der Waals surface area contributed by atoms with Crippen molar-refractivity contribution < 1.29 is 14.2 Å². The van der Waals surface area contributed by atoms with Crippen molar-refractivity contribution in [3.05, 3.63) is 53.5 Å². The number of methoxy groups -OCH3 is 3. The SMILES string of the molecule is COc1cccc(-c2nc(CSc3nnnn3-c3cc(OC)ccc3OC)cs2)c1. The monoisotopic (exact) mass is 441 g/mol. The Kier molecular flexibility index (Phi) is 6.15. The standard InChI is InChI=1S/C20H19N5O3S2/c1-26-15-6-4-5-13(9-15)19-21-14(11-29-19)12-30-20-22-23-24-25(20)17-10-16(27-2)7-8-18(17)28-3/h4-11H,12H2,1-3H3. The van der Waals surface area contributed by atoms with Crippen LogP contribution in [0.3, 0.4) is 0 Å². The third-order valence-corrected chi connectivity index (χ3v) is 6.17. The van der Waals surface area contributed by atoms with Gasteiger partial charge in [-0.2, -0.15) is 4.68 Å². The Hall–Kier alpha value is -3.11. The third-order valence-electron chi connectivity index (χ3n) is 4.27. The van der Waals surface area contributed by atoms with Gasteiger partial charge in [0.05, 0.1) is 27.0 Å². The van der Waals surface area contributed by atoms with Gasteiger partial charge in [0.15, 0.2) is 0 Å². The van der Waals surface area contributed by atoms with Crippen LogP contribution in [-0.2, 0) is 5.75 Å². The molecule has 2 aromatic heterocycles. The summed E-state index contributed by atoms with van der Waals surface area (Å²) in [5, 5.41) is 15.7. The van der Waals surface area contributed by atoms with Crippen LogP contribution >= 0.6 is 23.1 Å². The molecule has 0 unspecified atom stereocenters. The molecule has 0 N–H and O–H groups in total. The maximum absolute atomic E-state index is 5.46. The number of thiazole rings is 1. The van der Waals surface area contributed by atoms with Gasteiger partial charge in [-0.15, -0.1) is 16.4 Å². The Morgan fingerprint density at radius 3 is 2.63 bits per heavy atom. The first-order valence-electron chi connectivity index (χ1n) is 8.94. The van der Waals surface area contributed by atoms with E-state index in [0.29, 0.717) is 28.1 Å². The molecule has 10 heteroatoms. The minimum Gasteiger partial charge on any atom is -0.497 e. The van der Waals surface area contributed by atoms with E-state index in [2.05, 4.69) is 15.5 Å². The molecule has 4 rings (SSSR count). The molecule has 0 fully saturated rings. The second kappa shape index (κ2) is 9.14. The quantitative estimate of drug-likeness (QED) is 0.378. The molecule has 0 saturated heterocycles. The first-order chi connectivity index (χ1) is 14.7. The van der Waals surface area contributed by atoms with E-state index in [1.54, 1.807) is 37.3 Å². The van der Waals surface area contributed by atoms with Gasteiger partial charge in [0, 0.05) is 22.8 Å². The second-order valence-electron chi connectivity index (χ2n) is 6.08. The Bertz CT molecular complexity index is 1140. The zero-order valence-corrected chi connectivity index (χ0v) is 18.2. The average molecular weight is 442 g/mol. The number of hydrogen-bond donors (Lipinski definition) is 0. The Balaban J connectivity index is 1.53. The van der Waals surface area contributed by atoms with E-state index in [9.17, 15) is 0 Å². The molecule has 0 amide bonds. The van der Waals surface area contributed by atoms with Gasteiger partial charge >= 0.3 is 0 Å². The number of benzene rings is 2.